The topological polar surface area (TPSA) is 43.4 Å². The molecule has 0 fully saturated rings. The van der Waals surface area contributed by atoms with Gasteiger partial charge in [0.2, 0.25) is 0 Å². The third-order valence-electron chi connectivity index (χ3n) is 2.99. The smallest absolute Gasteiger partial charge is 0.178 e. The van der Waals surface area contributed by atoms with Crippen LogP contribution in [0.25, 0.3) is 0 Å². The number of sulfone groups is 1. The molecule has 106 valence electrons. The molecule has 5 heteroatoms. The Balaban J connectivity index is 2.06. The molecule has 2 aromatic carbocycles. The summed E-state index contributed by atoms with van der Waals surface area (Å²) in [6.07, 6.45) is 0.467. The van der Waals surface area contributed by atoms with E-state index in [0.717, 1.165) is 11.3 Å². The van der Waals surface area contributed by atoms with Gasteiger partial charge >= 0.3 is 0 Å². The summed E-state index contributed by atoms with van der Waals surface area (Å²) < 4.78 is 29.4. The van der Waals surface area contributed by atoms with Gasteiger partial charge < -0.3 is 4.74 Å². The normalized spacial score (nSPS) is 11.3. The average Bonchev–Trinajstić information content (AvgIpc) is 2.46. The first-order valence-corrected chi connectivity index (χ1v) is 8.15. The van der Waals surface area contributed by atoms with Gasteiger partial charge in [0.25, 0.3) is 0 Å². The first kappa shape index (κ1) is 14.9. The van der Waals surface area contributed by atoms with Crippen molar-refractivity contribution in [2.24, 2.45) is 0 Å². The van der Waals surface area contributed by atoms with Crippen LogP contribution in [0.15, 0.2) is 53.4 Å². The molecule has 0 bridgehead atoms. The maximum atomic E-state index is 12.2. The van der Waals surface area contributed by atoms with Crippen LogP contribution >= 0.6 is 11.6 Å². The van der Waals surface area contributed by atoms with Crippen LogP contribution in [-0.2, 0) is 16.3 Å². The minimum absolute atomic E-state index is 0.0704. The van der Waals surface area contributed by atoms with Gasteiger partial charge in [0, 0.05) is 5.02 Å². The number of aryl methyl sites for hydroxylation is 1. The molecule has 0 aromatic heterocycles. The summed E-state index contributed by atoms with van der Waals surface area (Å²) in [7, 11) is -1.68. The van der Waals surface area contributed by atoms with Gasteiger partial charge in [-0.15, -0.1) is 0 Å². The van der Waals surface area contributed by atoms with Gasteiger partial charge in [-0.25, -0.2) is 8.42 Å². The van der Waals surface area contributed by atoms with Gasteiger partial charge in [0.05, 0.1) is 17.8 Å². The molecule has 20 heavy (non-hydrogen) atoms. The van der Waals surface area contributed by atoms with Gasteiger partial charge in [-0.1, -0.05) is 23.7 Å². The second-order valence-corrected chi connectivity index (χ2v) is 6.92. The van der Waals surface area contributed by atoms with E-state index in [1.807, 2.05) is 24.3 Å². The Labute approximate surface area is 124 Å². The van der Waals surface area contributed by atoms with E-state index in [1.54, 1.807) is 19.2 Å². The van der Waals surface area contributed by atoms with Crippen molar-refractivity contribution in [2.45, 2.75) is 11.3 Å². The number of ether oxygens (including phenoxy) is 1. The van der Waals surface area contributed by atoms with E-state index in [1.165, 1.54) is 12.1 Å². The van der Waals surface area contributed by atoms with Gasteiger partial charge in [-0.3, -0.25) is 0 Å². The lowest BCUT2D eigenvalue weighted by Crippen LogP contribution is -2.09. The van der Waals surface area contributed by atoms with Crippen molar-refractivity contribution in [3.63, 3.8) is 0 Å². The minimum Gasteiger partial charge on any atom is -0.497 e. The van der Waals surface area contributed by atoms with Crippen molar-refractivity contribution in [3.05, 3.63) is 59.1 Å². The molecule has 0 radical (unpaired) electrons. The predicted octanol–water partition coefficient (Wildman–Crippen LogP) is 3.37. The monoisotopic (exact) mass is 310 g/mol. The fourth-order valence-electron chi connectivity index (χ4n) is 1.80. The number of benzene rings is 2. The number of methoxy groups -OCH3 is 1. The summed E-state index contributed by atoms with van der Waals surface area (Å²) in [6.45, 7) is 0. The van der Waals surface area contributed by atoms with Crippen LogP contribution in [0.1, 0.15) is 5.56 Å². The van der Waals surface area contributed by atoms with Crippen molar-refractivity contribution in [3.8, 4) is 5.75 Å². The molecule has 0 aliphatic rings. The molecule has 0 atom stereocenters. The summed E-state index contributed by atoms with van der Waals surface area (Å²) in [4.78, 5) is 0.301. The molecular weight excluding hydrogens is 296 g/mol. The Morgan fingerprint density at radius 1 is 1.00 bits per heavy atom. The van der Waals surface area contributed by atoms with Crippen LogP contribution in [0.5, 0.6) is 5.75 Å². The minimum atomic E-state index is -3.28. The van der Waals surface area contributed by atoms with Crippen molar-refractivity contribution < 1.29 is 13.2 Å². The van der Waals surface area contributed by atoms with Crippen LogP contribution in [0, 0.1) is 0 Å². The Hall–Kier alpha value is -1.52. The second-order valence-electron chi connectivity index (χ2n) is 4.37. The second kappa shape index (κ2) is 6.29. The fourth-order valence-corrected chi connectivity index (χ4v) is 3.22. The average molecular weight is 311 g/mol. The lowest BCUT2D eigenvalue weighted by atomic mass is 10.2. The maximum absolute atomic E-state index is 12.2. The summed E-state index contributed by atoms with van der Waals surface area (Å²) in [5.74, 6) is 0.829. The van der Waals surface area contributed by atoms with E-state index in [-0.39, 0.29) is 5.75 Å². The molecule has 0 heterocycles. The SMILES string of the molecule is COc1ccc(CCS(=O)(=O)c2ccc(Cl)cc2)cc1. The highest BCUT2D eigenvalue weighted by atomic mass is 35.5. The maximum Gasteiger partial charge on any atom is 0.178 e. The van der Waals surface area contributed by atoms with E-state index in [4.69, 9.17) is 16.3 Å². The Bertz CT molecular complexity index is 661. The van der Waals surface area contributed by atoms with Gasteiger partial charge in [0.15, 0.2) is 9.84 Å². The molecule has 0 aliphatic heterocycles. The molecule has 2 aromatic rings. The number of rotatable bonds is 5. The molecule has 0 saturated heterocycles. The van der Waals surface area contributed by atoms with Crippen molar-refractivity contribution in [2.75, 3.05) is 12.9 Å². The van der Waals surface area contributed by atoms with Crippen molar-refractivity contribution in [1.29, 1.82) is 0 Å². The predicted molar refractivity (Wildman–Crippen MR) is 80.2 cm³/mol. The third-order valence-corrected chi connectivity index (χ3v) is 4.98. The number of halogens is 1. The number of hydrogen-bond donors (Lipinski definition) is 0. The van der Waals surface area contributed by atoms with Crippen molar-refractivity contribution >= 4 is 21.4 Å². The first-order chi connectivity index (χ1) is 9.51. The molecule has 0 saturated carbocycles. The molecule has 0 aliphatic carbocycles. The highest BCUT2D eigenvalue weighted by Gasteiger charge is 2.14. The van der Waals surface area contributed by atoms with Crippen LogP contribution in [0.3, 0.4) is 0 Å². The van der Waals surface area contributed by atoms with Crippen molar-refractivity contribution in [1.82, 2.24) is 0 Å². The molecule has 0 N–H and O–H groups in total. The van der Waals surface area contributed by atoms with Crippen LogP contribution in [-0.4, -0.2) is 21.3 Å². The lowest BCUT2D eigenvalue weighted by Gasteiger charge is -2.06. The van der Waals surface area contributed by atoms with E-state index in [2.05, 4.69) is 0 Å². The Morgan fingerprint density at radius 3 is 2.15 bits per heavy atom. The van der Waals surface area contributed by atoms with Crippen LogP contribution in [0.4, 0.5) is 0 Å². The van der Waals surface area contributed by atoms with Crippen LogP contribution < -0.4 is 4.74 Å². The highest BCUT2D eigenvalue weighted by Crippen LogP contribution is 2.17. The van der Waals surface area contributed by atoms with Crippen LogP contribution in [0.2, 0.25) is 5.02 Å². The van der Waals surface area contributed by atoms with E-state index in [9.17, 15) is 8.42 Å². The summed E-state index contributed by atoms with van der Waals surface area (Å²) >= 11 is 5.76. The summed E-state index contributed by atoms with van der Waals surface area (Å²) in [5, 5.41) is 0.527. The standard InChI is InChI=1S/C15H15ClO3S/c1-19-14-6-2-12(3-7-14)10-11-20(17,18)15-8-4-13(16)5-9-15/h2-9H,10-11H2,1H3. The van der Waals surface area contributed by atoms with E-state index in [0.29, 0.717) is 16.3 Å². The molecule has 0 spiro atoms. The number of hydrogen-bond acceptors (Lipinski definition) is 3. The Morgan fingerprint density at radius 2 is 1.60 bits per heavy atom. The summed E-state index contributed by atoms with van der Waals surface area (Å²) in [6, 6.07) is 13.6. The zero-order chi connectivity index (χ0) is 14.6. The molecule has 2 rings (SSSR count). The zero-order valence-corrected chi connectivity index (χ0v) is 12.6. The summed E-state index contributed by atoms with van der Waals surface area (Å²) in [5.41, 5.74) is 0.961. The largest absolute Gasteiger partial charge is 0.497 e. The van der Waals surface area contributed by atoms with Gasteiger partial charge in [-0.05, 0) is 48.4 Å². The lowest BCUT2D eigenvalue weighted by molar-refractivity contribution is 0.414. The van der Waals surface area contributed by atoms with Gasteiger partial charge in [-0.2, -0.15) is 0 Å². The highest BCUT2D eigenvalue weighted by molar-refractivity contribution is 7.91. The molecule has 0 amide bonds. The zero-order valence-electron chi connectivity index (χ0n) is 11.0. The quantitative estimate of drug-likeness (QED) is 0.850. The third kappa shape index (κ3) is 3.74. The Kier molecular flexibility index (Phi) is 4.68. The first-order valence-electron chi connectivity index (χ1n) is 6.12. The molecular formula is C15H15ClO3S. The van der Waals surface area contributed by atoms with E-state index >= 15 is 0 Å². The molecule has 0 unspecified atom stereocenters. The van der Waals surface area contributed by atoms with E-state index < -0.39 is 9.84 Å². The van der Waals surface area contributed by atoms with Gasteiger partial charge in [0.1, 0.15) is 5.75 Å². The molecule has 3 nitrogen and oxygen atoms in total. The fraction of sp³-hybridized carbons (Fsp3) is 0.200.